The molecule has 1 aliphatic carbocycles. The number of nitrogens with two attached hydrogens (primary N) is 1. The highest BCUT2D eigenvalue weighted by atomic mass is 32.1. The first-order valence-electron chi connectivity index (χ1n) is 3.86. The molecule has 0 bridgehead atoms. The Morgan fingerprint density at radius 1 is 1.33 bits per heavy atom. The number of anilines is 1. The van der Waals surface area contributed by atoms with Gasteiger partial charge in [-0.05, 0) is 25.7 Å². The first-order chi connectivity index (χ1) is 5.86. The second-order valence-corrected chi connectivity index (χ2v) is 3.74. The van der Waals surface area contributed by atoms with Crippen molar-refractivity contribution in [1.82, 2.24) is 4.98 Å². The predicted molar refractivity (Wildman–Crippen MR) is 49.8 cm³/mol. The summed E-state index contributed by atoms with van der Waals surface area (Å²) >= 11 is 1.66. The molecular weight excluding hydrogens is 170 g/mol. The molecule has 0 radical (unpaired) electrons. The van der Waals surface area contributed by atoms with Crippen LogP contribution in [0.1, 0.15) is 23.4 Å². The summed E-state index contributed by atoms with van der Waals surface area (Å²) in [5, 5.41) is 7.24. The van der Waals surface area contributed by atoms with Crippen LogP contribution in [0.3, 0.4) is 0 Å². The number of hydrogen-bond donors (Lipinski definition) is 1. The zero-order valence-electron chi connectivity index (χ0n) is 6.79. The number of nitriles is 1. The predicted octanol–water partition coefficient (Wildman–Crippen LogP) is 1.74. The van der Waals surface area contributed by atoms with Gasteiger partial charge in [-0.1, -0.05) is 0 Å². The van der Waals surface area contributed by atoms with Gasteiger partial charge in [-0.25, -0.2) is 10.2 Å². The van der Waals surface area contributed by atoms with Gasteiger partial charge in [0, 0.05) is 11.4 Å². The Morgan fingerprint density at radius 2 is 2.00 bits per heavy atom. The molecule has 0 spiro atoms. The van der Waals surface area contributed by atoms with Gasteiger partial charge >= 0.3 is 0 Å². The minimum Gasteiger partial charge on any atom is -0.375 e. The number of fused-ring (bicyclic) bond motifs is 1. The summed E-state index contributed by atoms with van der Waals surface area (Å²) in [5.41, 5.74) is 6.82. The maximum absolute atomic E-state index is 6.50. The second kappa shape index (κ2) is 4.07. The summed E-state index contributed by atoms with van der Waals surface area (Å²) in [6, 6.07) is 0. The quantitative estimate of drug-likeness (QED) is 0.663. The largest absolute Gasteiger partial charge is 0.375 e. The van der Waals surface area contributed by atoms with E-state index in [1.165, 1.54) is 29.8 Å². The van der Waals surface area contributed by atoms with Gasteiger partial charge in [0.15, 0.2) is 5.13 Å². The molecule has 0 amide bonds. The van der Waals surface area contributed by atoms with Crippen LogP contribution in [-0.4, -0.2) is 4.98 Å². The molecule has 1 aromatic heterocycles. The van der Waals surface area contributed by atoms with Crippen molar-refractivity contribution >= 4 is 16.5 Å². The number of aryl methyl sites for hydroxylation is 2. The highest BCUT2D eigenvalue weighted by Gasteiger charge is 2.12. The van der Waals surface area contributed by atoms with Gasteiger partial charge in [-0.3, -0.25) is 0 Å². The van der Waals surface area contributed by atoms with Crippen LogP contribution in [0.25, 0.3) is 0 Å². The van der Waals surface area contributed by atoms with E-state index in [-0.39, 0.29) is 0 Å². The first kappa shape index (κ1) is 9.01. The third-order valence-corrected chi connectivity index (χ3v) is 2.85. The summed E-state index contributed by atoms with van der Waals surface area (Å²) in [6.45, 7) is 3.50. The Labute approximate surface area is 75.8 Å². The fourth-order valence-electron chi connectivity index (χ4n) is 1.37. The van der Waals surface area contributed by atoms with Gasteiger partial charge in [-0.2, -0.15) is 0 Å². The van der Waals surface area contributed by atoms with Crippen LogP contribution in [0, 0.1) is 11.8 Å². The maximum Gasteiger partial charge on any atom is 0.180 e. The average molecular weight is 181 g/mol. The van der Waals surface area contributed by atoms with Crippen LogP contribution < -0.4 is 5.73 Å². The highest BCUT2D eigenvalue weighted by molar-refractivity contribution is 7.15. The minimum absolute atomic E-state index is 0.743. The monoisotopic (exact) mass is 181 g/mol. The van der Waals surface area contributed by atoms with Crippen LogP contribution in [0.4, 0.5) is 5.13 Å². The van der Waals surface area contributed by atoms with Gasteiger partial charge in [0.1, 0.15) is 0 Å². The molecular formula is C8H11N3S. The number of rotatable bonds is 0. The van der Waals surface area contributed by atoms with Crippen LogP contribution in [0.5, 0.6) is 0 Å². The summed E-state index contributed by atoms with van der Waals surface area (Å²) in [4.78, 5) is 5.67. The third kappa shape index (κ3) is 1.74. The van der Waals surface area contributed by atoms with Crippen LogP contribution in [0.15, 0.2) is 0 Å². The van der Waals surface area contributed by atoms with Crippen molar-refractivity contribution in [2.24, 2.45) is 0 Å². The Balaban J connectivity index is 0.000000336. The molecule has 64 valence electrons. The highest BCUT2D eigenvalue weighted by Crippen LogP contribution is 2.27. The van der Waals surface area contributed by atoms with E-state index >= 15 is 0 Å². The zero-order chi connectivity index (χ0) is 8.97. The summed E-state index contributed by atoms with van der Waals surface area (Å²) in [5.74, 6) is 0. The average Bonchev–Trinajstić information content (AvgIpc) is 2.48. The molecule has 0 unspecified atom stereocenters. The fourth-order valence-corrected chi connectivity index (χ4v) is 2.29. The Bertz CT molecular complexity index is 254. The van der Waals surface area contributed by atoms with Gasteiger partial charge < -0.3 is 5.73 Å². The first-order valence-corrected chi connectivity index (χ1v) is 4.68. The van der Waals surface area contributed by atoms with Gasteiger partial charge in [0.25, 0.3) is 0 Å². The number of hydrogen-bond acceptors (Lipinski definition) is 4. The van der Waals surface area contributed by atoms with Crippen LogP contribution >= 0.6 is 11.3 Å². The minimum atomic E-state index is 0.743. The SMILES string of the molecule is C#N.Nc1nc2c(s1)CCCC2. The van der Waals surface area contributed by atoms with Gasteiger partial charge in [-0.15, -0.1) is 11.3 Å². The molecule has 0 aliphatic heterocycles. The standard InChI is InChI=1S/C7H10N2S.CHN/c8-7-9-5-3-1-2-4-6(5)10-7;1-2/h1-4H2,(H2,8,9);1H. The summed E-state index contributed by atoms with van der Waals surface area (Å²) in [7, 11) is 0. The van der Waals surface area contributed by atoms with E-state index in [4.69, 9.17) is 11.0 Å². The van der Waals surface area contributed by atoms with E-state index in [1.54, 1.807) is 11.3 Å². The third-order valence-electron chi connectivity index (χ3n) is 1.86. The van der Waals surface area contributed by atoms with Gasteiger partial charge in [0.05, 0.1) is 5.69 Å². The van der Waals surface area contributed by atoms with Crippen LogP contribution in [-0.2, 0) is 12.8 Å². The molecule has 0 fully saturated rings. The van der Waals surface area contributed by atoms with E-state index in [1.807, 2.05) is 0 Å². The number of thiazole rings is 1. The molecule has 4 heteroatoms. The summed E-state index contributed by atoms with van der Waals surface area (Å²) in [6.07, 6.45) is 4.94. The lowest BCUT2D eigenvalue weighted by Crippen LogP contribution is -1.99. The molecule has 0 saturated heterocycles. The van der Waals surface area contributed by atoms with E-state index in [0.29, 0.717) is 0 Å². The van der Waals surface area contributed by atoms with Crippen LogP contribution in [0.2, 0.25) is 0 Å². The number of nitrogens with zero attached hydrogens (tertiary/aromatic N) is 2. The smallest absolute Gasteiger partial charge is 0.180 e. The molecule has 1 aliphatic rings. The van der Waals surface area contributed by atoms with Crippen molar-refractivity contribution in [3.05, 3.63) is 10.6 Å². The van der Waals surface area contributed by atoms with Crippen molar-refractivity contribution in [3.8, 4) is 6.57 Å². The lowest BCUT2D eigenvalue weighted by atomic mass is 10.0. The molecule has 2 N–H and O–H groups in total. The Kier molecular flexibility index (Phi) is 3.06. The molecule has 2 rings (SSSR count). The van der Waals surface area contributed by atoms with Crippen molar-refractivity contribution < 1.29 is 0 Å². The maximum atomic E-state index is 6.50. The number of nitrogen functional groups attached to an aromatic ring is 1. The Morgan fingerprint density at radius 3 is 2.67 bits per heavy atom. The normalized spacial score (nSPS) is 14.2. The summed E-state index contributed by atoms with van der Waals surface area (Å²) < 4.78 is 0. The molecule has 1 heterocycles. The zero-order valence-corrected chi connectivity index (χ0v) is 7.60. The van der Waals surface area contributed by atoms with Gasteiger partial charge in [0.2, 0.25) is 0 Å². The molecule has 0 aromatic carbocycles. The van der Waals surface area contributed by atoms with Crippen molar-refractivity contribution in [2.75, 3.05) is 5.73 Å². The van der Waals surface area contributed by atoms with E-state index in [9.17, 15) is 0 Å². The molecule has 1 aromatic rings. The van der Waals surface area contributed by atoms with Crippen molar-refractivity contribution in [3.63, 3.8) is 0 Å². The fraction of sp³-hybridized carbons (Fsp3) is 0.500. The molecule has 0 atom stereocenters. The van der Waals surface area contributed by atoms with Crippen molar-refractivity contribution in [1.29, 1.82) is 5.26 Å². The van der Waals surface area contributed by atoms with E-state index in [2.05, 4.69) is 11.6 Å². The lowest BCUT2D eigenvalue weighted by molar-refractivity contribution is 0.683. The molecule has 0 saturated carbocycles. The topological polar surface area (TPSA) is 62.7 Å². The molecule has 3 nitrogen and oxygen atoms in total. The van der Waals surface area contributed by atoms with E-state index in [0.717, 1.165) is 11.6 Å². The molecule has 12 heavy (non-hydrogen) atoms. The van der Waals surface area contributed by atoms with E-state index < -0.39 is 0 Å². The second-order valence-electron chi connectivity index (χ2n) is 2.63. The van der Waals surface area contributed by atoms with Crippen molar-refractivity contribution in [2.45, 2.75) is 25.7 Å². The lowest BCUT2D eigenvalue weighted by Gasteiger charge is -2.06. The number of aromatic nitrogens is 1. The Hall–Kier alpha value is -1.08.